The molecule has 0 bridgehead atoms. The van der Waals surface area contributed by atoms with Gasteiger partial charge in [-0.1, -0.05) is 11.6 Å². The van der Waals surface area contributed by atoms with E-state index in [1.54, 1.807) is 0 Å². The van der Waals surface area contributed by atoms with Gasteiger partial charge in [0.05, 0.1) is 12.6 Å². The van der Waals surface area contributed by atoms with Crippen molar-refractivity contribution in [1.82, 2.24) is 15.1 Å². The number of nitrogens with one attached hydrogen (secondary N) is 1. The van der Waals surface area contributed by atoms with E-state index < -0.39 is 0 Å². The number of carbonyl (C=O) groups is 1. The monoisotopic (exact) mass is 309 g/mol. The molecule has 0 aromatic rings. The lowest BCUT2D eigenvalue weighted by molar-refractivity contribution is -0.126. The summed E-state index contributed by atoms with van der Waals surface area (Å²) in [4.78, 5) is 16.8. The Labute approximate surface area is 134 Å². The molecule has 1 atom stereocenters. The Morgan fingerprint density at radius 3 is 2.73 bits per heavy atom. The number of carbonyl (C=O) groups excluding carboxylic acids is 1. The number of aliphatic hydroxyl groups excluding tert-OH is 1. The van der Waals surface area contributed by atoms with Crippen LogP contribution >= 0.6 is 0 Å². The van der Waals surface area contributed by atoms with Gasteiger partial charge >= 0.3 is 0 Å². The first-order valence-electron chi connectivity index (χ1n) is 8.73. The van der Waals surface area contributed by atoms with Crippen LogP contribution in [0.5, 0.6) is 0 Å². The number of amides is 1. The van der Waals surface area contributed by atoms with Crippen LogP contribution in [0.2, 0.25) is 0 Å². The molecular formula is C17H31N3O2. The molecule has 2 rings (SSSR count). The largest absolute Gasteiger partial charge is 0.395 e. The fourth-order valence-electron chi connectivity index (χ4n) is 3.31. The van der Waals surface area contributed by atoms with Crippen molar-refractivity contribution in [3.63, 3.8) is 0 Å². The number of rotatable bonds is 7. The van der Waals surface area contributed by atoms with Gasteiger partial charge in [-0.2, -0.15) is 0 Å². The zero-order valence-electron chi connectivity index (χ0n) is 13.9. The van der Waals surface area contributed by atoms with Crippen LogP contribution in [0.25, 0.3) is 0 Å². The summed E-state index contributed by atoms with van der Waals surface area (Å²) in [6.45, 7) is 7.39. The molecule has 0 saturated carbocycles. The number of aliphatic hydroxyl groups is 1. The van der Waals surface area contributed by atoms with Crippen LogP contribution < -0.4 is 5.32 Å². The predicted octanol–water partition coefficient (Wildman–Crippen LogP) is 0.992. The van der Waals surface area contributed by atoms with Gasteiger partial charge in [0.1, 0.15) is 0 Å². The molecule has 1 fully saturated rings. The van der Waals surface area contributed by atoms with Gasteiger partial charge in [-0.05, 0) is 39.0 Å². The second kappa shape index (κ2) is 9.28. The third-order valence-electron chi connectivity index (χ3n) is 4.88. The molecule has 0 aromatic heterocycles. The fourth-order valence-corrected chi connectivity index (χ4v) is 3.31. The molecule has 2 aliphatic rings. The Hall–Kier alpha value is -0.910. The number of hydrogen-bond donors (Lipinski definition) is 2. The average molecular weight is 309 g/mol. The normalized spacial score (nSPS) is 22.2. The minimum atomic E-state index is -0.0587. The maximum atomic E-state index is 12.3. The molecule has 1 aliphatic heterocycles. The third-order valence-corrected chi connectivity index (χ3v) is 4.88. The zero-order valence-corrected chi connectivity index (χ0v) is 13.9. The molecule has 0 radical (unpaired) electrons. The maximum Gasteiger partial charge on any atom is 0.237 e. The molecule has 0 aromatic carbocycles. The Morgan fingerprint density at radius 2 is 2.09 bits per heavy atom. The topological polar surface area (TPSA) is 55.8 Å². The standard InChI is InChI=1S/C17H31N3O2/c1-15(20-11-9-19(10-12-20)13-14-21)17(22)18-8-7-16-5-3-2-4-6-16/h5,15,21H,2-4,6-14H2,1H3,(H,18,22). The van der Waals surface area contributed by atoms with Gasteiger partial charge in [0, 0.05) is 39.3 Å². The number of allylic oxidation sites excluding steroid dienone is 1. The lowest BCUT2D eigenvalue weighted by atomic mass is 9.97. The van der Waals surface area contributed by atoms with Crippen molar-refractivity contribution in [3.05, 3.63) is 11.6 Å². The molecule has 1 saturated heterocycles. The first-order valence-corrected chi connectivity index (χ1v) is 8.73. The molecule has 2 N–H and O–H groups in total. The van der Waals surface area contributed by atoms with Crippen LogP contribution in [0.1, 0.15) is 39.0 Å². The second-order valence-electron chi connectivity index (χ2n) is 6.43. The Bertz CT molecular complexity index is 376. The number of nitrogens with zero attached hydrogens (tertiary/aromatic N) is 2. The zero-order chi connectivity index (χ0) is 15.8. The van der Waals surface area contributed by atoms with Gasteiger partial charge in [0.15, 0.2) is 0 Å². The molecule has 5 heteroatoms. The highest BCUT2D eigenvalue weighted by Crippen LogP contribution is 2.19. The highest BCUT2D eigenvalue weighted by molar-refractivity contribution is 5.81. The third kappa shape index (κ3) is 5.38. The van der Waals surface area contributed by atoms with E-state index in [2.05, 4.69) is 21.2 Å². The van der Waals surface area contributed by atoms with Crippen molar-refractivity contribution in [3.8, 4) is 0 Å². The van der Waals surface area contributed by atoms with Gasteiger partial charge in [0.2, 0.25) is 5.91 Å². The minimum Gasteiger partial charge on any atom is -0.395 e. The Kier molecular flexibility index (Phi) is 7.36. The van der Waals surface area contributed by atoms with Crippen molar-refractivity contribution in [2.24, 2.45) is 0 Å². The fraction of sp³-hybridized carbons (Fsp3) is 0.824. The van der Waals surface area contributed by atoms with Gasteiger partial charge in [0.25, 0.3) is 0 Å². The molecule has 5 nitrogen and oxygen atoms in total. The summed E-state index contributed by atoms with van der Waals surface area (Å²) >= 11 is 0. The highest BCUT2D eigenvalue weighted by Gasteiger charge is 2.25. The molecule has 1 unspecified atom stereocenters. The van der Waals surface area contributed by atoms with Crippen LogP contribution in [-0.4, -0.2) is 72.7 Å². The molecule has 1 heterocycles. The van der Waals surface area contributed by atoms with Crippen molar-refractivity contribution >= 4 is 5.91 Å². The van der Waals surface area contributed by atoms with E-state index in [-0.39, 0.29) is 18.6 Å². The number of hydrogen-bond acceptors (Lipinski definition) is 4. The second-order valence-corrected chi connectivity index (χ2v) is 6.43. The van der Waals surface area contributed by atoms with Gasteiger partial charge in [-0.15, -0.1) is 0 Å². The van der Waals surface area contributed by atoms with Crippen LogP contribution in [0.3, 0.4) is 0 Å². The molecule has 126 valence electrons. The van der Waals surface area contributed by atoms with Crippen LogP contribution in [0.15, 0.2) is 11.6 Å². The van der Waals surface area contributed by atoms with Crippen LogP contribution in [0.4, 0.5) is 0 Å². The summed E-state index contributed by atoms with van der Waals surface area (Å²) in [5.41, 5.74) is 1.51. The summed E-state index contributed by atoms with van der Waals surface area (Å²) in [7, 11) is 0. The molecule has 0 spiro atoms. The summed E-state index contributed by atoms with van der Waals surface area (Å²) in [5, 5.41) is 12.1. The van der Waals surface area contributed by atoms with E-state index in [0.29, 0.717) is 0 Å². The van der Waals surface area contributed by atoms with Crippen LogP contribution in [-0.2, 0) is 4.79 Å². The van der Waals surface area contributed by atoms with E-state index in [1.165, 1.54) is 31.3 Å². The summed E-state index contributed by atoms with van der Waals surface area (Å²) in [5.74, 6) is 0.145. The van der Waals surface area contributed by atoms with Gasteiger partial charge in [-0.3, -0.25) is 14.6 Å². The Balaban J connectivity index is 1.65. The summed E-state index contributed by atoms with van der Waals surface area (Å²) < 4.78 is 0. The van der Waals surface area contributed by atoms with Crippen molar-refractivity contribution < 1.29 is 9.90 Å². The number of piperazine rings is 1. The van der Waals surface area contributed by atoms with Crippen LogP contribution in [0, 0.1) is 0 Å². The lowest BCUT2D eigenvalue weighted by Crippen LogP contribution is -2.54. The van der Waals surface area contributed by atoms with Crippen molar-refractivity contribution in [1.29, 1.82) is 0 Å². The smallest absolute Gasteiger partial charge is 0.237 e. The van der Waals surface area contributed by atoms with Gasteiger partial charge < -0.3 is 10.4 Å². The SMILES string of the molecule is CC(C(=O)NCCC1=CCCCC1)N1CCN(CCO)CC1. The van der Waals surface area contributed by atoms with E-state index >= 15 is 0 Å². The summed E-state index contributed by atoms with van der Waals surface area (Å²) in [6, 6.07) is -0.0587. The molecular weight excluding hydrogens is 278 g/mol. The average Bonchev–Trinajstić information content (AvgIpc) is 2.56. The van der Waals surface area contributed by atoms with E-state index in [1.807, 2.05) is 6.92 Å². The summed E-state index contributed by atoms with van der Waals surface area (Å²) in [6.07, 6.45) is 8.38. The Morgan fingerprint density at radius 1 is 1.32 bits per heavy atom. The highest BCUT2D eigenvalue weighted by atomic mass is 16.3. The molecule has 1 amide bonds. The first kappa shape index (κ1) is 17.4. The molecule has 1 aliphatic carbocycles. The van der Waals surface area contributed by atoms with E-state index in [9.17, 15) is 4.79 Å². The minimum absolute atomic E-state index is 0.0587. The van der Waals surface area contributed by atoms with Crippen molar-refractivity contribution in [2.75, 3.05) is 45.9 Å². The van der Waals surface area contributed by atoms with E-state index in [4.69, 9.17) is 5.11 Å². The lowest BCUT2D eigenvalue weighted by Gasteiger charge is -2.37. The maximum absolute atomic E-state index is 12.3. The number of β-amino-alcohol motifs (C(OH)–C–C–N with tert-alkyl or cyclic N) is 1. The van der Waals surface area contributed by atoms with Gasteiger partial charge in [-0.25, -0.2) is 0 Å². The quantitative estimate of drug-likeness (QED) is 0.689. The predicted molar refractivity (Wildman–Crippen MR) is 88.7 cm³/mol. The van der Waals surface area contributed by atoms with Crippen molar-refractivity contribution in [2.45, 2.75) is 45.1 Å². The molecule has 22 heavy (non-hydrogen) atoms. The van der Waals surface area contributed by atoms with E-state index in [0.717, 1.165) is 45.7 Å². The first-order chi connectivity index (χ1) is 10.7.